The highest BCUT2D eigenvalue weighted by Gasteiger charge is 2.17. The van der Waals surface area contributed by atoms with Gasteiger partial charge in [0.15, 0.2) is 0 Å². The summed E-state index contributed by atoms with van der Waals surface area (Å²) in [4.78, 5) is 13.7. The number of nitrogens with zero attached hydrogens (tertiary/aromatic N) is 5. The van der Waals surface area contributed by atoms with Gasteiger partial charge in [-0.1, -0.05) is 68.5 Å². The molecule has 5 heterocycles. The van der Waals surface area contributed by atoms with Gasteiger partial charge in [-0.2, -0.15) is 0 Å². The van der Waals surface area contributed by atoms with E-state index in [9.17, 15) is 0 Å². The number of hydrogen-bond acceptors (Lipinski definition) is 3. The lowest BCUT2D eigenvalue weighted by Crippen LogP contribution is -1.94. The van der Waals surface area contributed by atoms with E-state index in [2.05, 4.69) is 105 Å². The van der Waals surface area contributed by atoms with E-state index in [-0.39, 0.29) is 0 Å². The van der Waals surface area contributed by atoms with Crippen LogP contribution in [0.2, 0.25) is 0 Å². The molecule has 0 N–H and O–H groups in total. The van der Waals surface area contributed by atoms with Gasteiger partial charge in [-0.15, -0.1) is 0 Å². The third-order valence-electron chi connectivity index (χ3n) is 7.37. The summed E-state index contributed by atoms with van der Waals surface area (Å²) in [7, 11) is 2.06. The molecule has 0 saturated heterocycles. The summed E-state index contributed by atoms with van der Waals surface area (Å²) >= 11 is 0. The fourth-order valence-electron chi connectivity index (χ4n) is 5.51. The standard InChI is InChI=1S/C23H16N4.C11H11N.C2H6/c1-26-19-12-7-13-24-21(19)17-14-20-22(25-23(17)26)16-10-5-6-11-18(16)27(20)15-8-3-2-4-9-15;1-2-4-10(5-3-1)11-6-8-12-9-7-11;1-2/h2-14H,1H3;2,4-9H,1,3H2;1-2H3. The molecule has 0 aliphatic heterocycles. The van der Waals surface area contributed by atoms with Crippen LogP contribution in [-0.2, 0) is 7.05 Å². The first-order chi connectivity index (χ1) is 20.3. The second-order valence-electron chi connectivity index (χ2n) is 9.72. The number of aromatic nitrogens is 5. The van der Waals surface area contributed by atoms with E-state index >= 15 is 0 Å². The zero-order valence-corrected chi connectivity index (χ0v) is 23.7. The Morgan fingerprint density at radius 2 is 1.44 bits per heavy atom. The minimum Gasteiger partial charge on any atom is -0.327 e. The van der Waals surface area contributed by atoms with Crippen LogP contribution in [0.5, 0.6) is 0 Å². The molecule has 0 radical (unpaired) electrons. The zero-order valence-electron chi connectivity index (χ0n) is 23.7. The van der Waals surface area contributed by atoms with Gasteiger partial charge >= 0.3 is 0 Å². The van der Waals surface area contributed by atoms with Crippen molar-refractivity contribution in [2.45, 2.75) is 26.7 Å². The molecule has 0 saturated carbocycles. The third kappa shape index (κ3) is 4.80. The number of allylic oxidation sites excluding steroid dienone is 4. The molecule has 0 atom stereocenters. The molecule has 0 bridgehead atoms. The molecule has 5 heteroatoms. The SMILES string of the molecule is C1=CC(c2ccncc2)=CCC1.CC.Cn1c2cccnc2c2cc3c(nc21)c1ccccc1n3-c1ccccc1. The minimum atomic E-state index is 0.965. The Bertz CT molecular complexity index is 2010. The number of pyridine rings is 3. The summed E-state index contributed by atoms with van der Waals surface area (Å²) in [5.41, 5.74) is 10.1. The second-order valence-corrected chi connectivity index (χ2v) is 9.72. The lowest BCUT2D eigenvalue weighted by atomic mass is 10.0. The molecule has 41 heavy (non-hydrogen) atoms. The van der Waals surface area contributed by atoms with Gasteiger partial charge in [-0.25, -0.2) is 4.98 Å². The first-order valence-electron chi connectivity index (χ1n) is 14.3. The summed E-state index contributed by atoms with van der Waals surface area (Å²) in [6.07, 6.45) is 14.5. The van der Waals surface area contributed by atoms with Gasteiger partial charge in [-0.3, -0.25) is 9.97 Å². The first-order valence-corrected chi connectivity index (χ1v) is 14.3. The molecule has 0 amide bonds. The van der Waals surface area contributed by atoms with Crippen molar-refractivity contribution in [3.63, 3.8) is 0 Å². The Morgan fingerprint density at radius 3 is 2.22 bits per heavy atom. The van der Waals surface area contributed by atoms with Crippen molar-refractivity contribution in [2.24, 2.45) is 7.05 Å². The Kier molecular flexibility index (Phi) is 7.42. The molecule has 1 aliphatic rings. The molecule has 5 aromatic heterocycles. The quantitative estimate of drug-likeness (QED) is 0.222. The Balaban J connectivity index is 0.000000181. The van der Waals surface area contributed by atoms with Gasteiger partial charge in [0.05, 0.1) is 27.6 Å². The average molecular weight is 536 g/mol. The van der Waals surface area contributed by atoms with E-state index < -0.39 is 0 Å². The van der Waals surface area contributed by atoms with Gasteiger partial charge < -0.3 is 9.13 Å². The summed E-state index contributed by atoms with van der Waals surface area (Å²) in [6.45, 7) is 4.00. The van der Waals surface area contributed by atoms with Crippen LogP contribution in [0.25, 0.3) is 55.3 Å². The van der Waals surface area contributed by atoms with Crippen molar-refractivity contribution in [2.75, 3.05) is 0 Å². The number of rotatable bonds is 2. The van der Waals surface area contributed by atoms with Crippen LogP contribution >= 0.6 is 0 Å². The molecule has 202 valence electrons. The number of aryl methyl sites for hydroxylation is 1. The number of fused-ring (bicyclic) bond motifs is 6. The molecular weight excluding hydrogens is 502 g/mol. The molecule has 5 nitrogen and oxygen atoms in total. The van der Waals surface area contributed by atoms with E-state index in [1.54, 1.807) is 0 Å². The van der Waals surface area contributed by atoms with Gasteiger partial charge in [0.2, 0.25) is 0 Å². The van der Waals surface area contributed by atoms with Crippen molar-refractivity contribution in [3.05, 3.63) is 127 Å². The topological polar surface area (TPSA) is 48.5 Å². The van der Waals surface area contributed by atoms with Gasteiger partial charge in [0.25, 0.3) is 0 Å². The predicted octanol–water partition coefficient (Wildman–Crippen LogP) is 9.06. The van der Waals surface area contributed by atoms with Crippen molar-refractivity contribution < 1.29 is 0 Å². The Morgan fingerprint density at radius 1 is 0.683 bits per heavy atom. The van der Waals surface area contributed by atoms with Crippen LogP contribution in [0, 0.1) is 0 Å². The van der Waals surface area contributed by atoms with E-state index in [0.29, 0.717) is 0 Å². The van der Waals surface area contributed by atoms with Crippen molar-refractivity contribution in [1.82, 2.24) is 24.1 Å². The van der Waals surface area contributed by atoms with Crippen molar-refractivity contribution in [1.29, 1.82) is 0 Å². The highest BCUT2D eigenvalue weighted by Crippen LogP contribution is 2.35. The number of hydrogen-bond donors (Lipinski definition) is 0. The average Bonchev–Trinajstić information content (AvgIpc) is 3.54. The van der Waals surface area contributed by atoms with E-state index in [1.807, 2.05) is 56.7 Å². The third-order valence-corrected chi connectivity index (χ3v) is 7.37. The normalized spacial score (nSPS) is 12.6. The van der Waals surface area contributed by atoms with Crippen LogP contribution in [0.4, 0.5) is 0 Å². The van der Waals surface area contributed by atoms with Gasteiger partial charge in [-0.05, 0) is 72.5 Å². The monoisotopic (exact) mass is 535 g/mol. The van der Waals surface area contributed by atoms with Gasteiger partial charge in [0.1, 0.15) is 5.65 Å². The number of benzene rings is 2. The first kappa shape index (κ1) is 26.2. The van der Waals surface area contributed by atoms with Crippen molar-refractivity contribution >= 4 is 49.6 Å². The molecule has 8 rings (SSSR count). The second kappa shape index (κ2) is 11.6. The summed E-state index contributed by atoms with van der Waals surface area (Å²) in [6, 6.07) is 29.3. The molecule has 2 aromatic carbocycles. The highest BCUT2D eigenvalue weighted by atomic mass is 15.1. The maximum absolute atomic E-state index is 5.09. The fraction of sp³-hybridized carbons (Fsp3) is 0.139. The fourth-order valence-corrected chi connectivity index (χ4v) is 5.51. The minimum absolute atomic E-state index is 0.965. The van der Waals surface area contributed by atoms with E-state index in [1.165, 1.54) is 23.1 Å². The van der Waals surface area contributed by atoms with Crippen LogP contribution < -0.4 is 0 Å². The number of para-hydroxylation sites is 2. The lowest BCUT2D eigenvalue weighted by molar-refractivity contribution is 0.993. The van der Waals surface area contributed by atoms with Crippen LogP contribution in [0.3, 0.4) is 0 Å². The summed E-state index contributed by atoms with van der Waals surface area (Å²) in [5, 5.41) is 2.25. The van der Waals surface area contributed by atoms with Crippen LogP contribution in [0.15, 0.2) is 122 Å². The summed E-state index contributed by atoms with van der Waals surface area (Å²) < 4.78 is 4.42. The molecular formula is C36H33N5. The molecule has 0 spiro atoms. The van der Waals surface area contributed by atoms with Gasteiger partial charge in [0, 0.05) is 42.1 Å². The Labute approximate surface area is 240 Å². The molecule has 0 fully saturated rings. The van der Waals surface area contributed by atoms with Crippen molar-refractivity contribution in [3.8, 4) is 5.69 Å². The maximum Gasteiger partial charge on any atom is 0.143 e. The van der Waals surface area contributed by atoms with Crippen LogP contribution in [-0.4, -0.2) is 24.1 Å². The van der Waals surface area contributed by atoms with E-state index in [0.717, 1.165) is 50.6 Å². The predicted molar refractivity (Wildman–Crippen MR) is 172 cm³/mol. The van der Waals surface area contributed by atoms with E-state index in [4.69, 9.17) is 4.98 Å². The molecule has 7 aromatic rings. The zero-order chi connectivity index (χ0) is 28.2. The summed E-state index contributed by atoms with van der Waals surface area (Å²) in [5.74, 6) is 0. The molecule has 1 aliphatic carbocycles. The molecule has 0 unspecified atom stereocenters. The lowest BCUT2D eigenvalue weighted by Gasteiger charge is -2.07. The highest BCUT2D eigenvalue weighted by molar-refractivity contribution is 6.14. The smallest absolute Gasteiger partial charge is 0.143 e. The van der Waals surface area contributed by atoms with Crippen LogP contribution in [0.1, 0.15) is 32.3 Å². The maximum atomic E-state index is 5.09. The largest absolute Gasteiger partial charge is 0.327 e. The Hall–Kier alpha value is -5.03.